The van der Waals surface area contributed by atoms with Crippen molar-refractivity contribution in [3.63, 3.8) is 0 Å². The van der Waals surface area contributed by atoms with Crippen LogP contribution in [0.1, 0.15) is 29.5 Å². The van der Waals surface area contributed by atoms with Gasteiger partial charge in [-0.05, 0) is 48.7 Å². The molecule has 0 heterocycles. The lowest BCUT2D eigenvalue weighted by Crippen LogP contribution is -2.34. The van der Waals surface area contributed by atoms with Gasteiger partial charge in [-0.2, -0.15) is 0 Å². The Morgan fingerprint density at radius 2 is 1.69 bits per heavy atom. The van der Waals surface area contributed by atoms with Crippen LogP contribution in [-0.2, 0) is 32.5 Å². The van der Waals surface area contributed by atoms with Crippen LogP contribution >= 0.6 is 0 Å². The van der Waals surface area contributed by atoms with Crippen LogP contribution in [0.5, 0.6) is 0 Å². The molecule has 2 aromatic rings. The van der Waals surface area contributed by atoms with E-state index in [4.69, 9.17) is 0 Å². The average molecular weight is 376 g/mol. The quantitative estimate of drug-likeness (QED) is 0.778. The summed E-state index contributed by atoms with van der Waals surface area (Å²) in [6, 6.07) is 13.1. The van der Waals surface area contributed by atoms with Crippen molar-refractivity contribution in [1.29, 1.82) is 0 Å². The summed E-state index contributed by atoms with van der Waals surface area (Å²) in [6.45, 7) is 0.247. The number of carbonyl (C=O) groups is 1. The molecule has 138 valence electrons. The van der Waals surface area contributed by atoms with Crippen LogP contribution in [0, 0.1) is 5.82 Å². The number of sulfonamides is 1. The molecule has 26 heavy (non-hydrogen) atoms. The van der Waals surface area contributed by atoms with Crippen LogP contribution in [-0.4, -0.2) is 21.4 Å². The van der Waals surface area contributed by atoms with E-state index in [1.807, 2.05) is 6.07 Å². The monoisotopic (exact) mass is 376 g/mol. The molecule has 0 atom stereocenters. The van der Waals surface area contributed by atoms with E-state index in [0.717, 1.165) is 24.0 Å². The Kier molecular flexibility index (Phi) is 5.11. The van der Waals surface area contributed by atoms with Crippen molar-refractivity contribution in [3.05, 3.63) is 71.0 Å². The summed E-state index contributed by atoms with van der Waals surface area (Å²) in [5.41, 5.74) is 1.62. The minimum absolute atomic E-state index is 0.115. The molecule has 0 spiro atoms. The number of hydrogen-bond acceptors (Lipinski definition) is 3. The standard InChI is InChI=1S/C19H21FN2O3S/c1-21-26(24,25)13-15-5-3-2-4-14(15)12-22-18(23)19(10-11-19)16-6-8-17(20)9-7-16/h2-9,21H,10-13H2,1H3,(H,22,23). The van der Waals surface area contributed by atoms with Gasteiger partial charge < -0.3 is 5.32 Å². The summed E-state index contributed by atoms with van der Waals surface area (Å²) < 4.78 is 39.0. The second-order valence-electron chi connectivity index (χ2n) is 6.50. The molecule has 1 aliphatic carbocycles. The summed E-state index contributed by atoms with van der Waals surface area (Å²) in [5.74, 6) is -0.585. The van der Waals surface area contributed by atoms with Crippen LogP contribution in [0.2, 0.25) is 0 Å². The summed E-state index contributed by atoms with van der Waals surface area (Å²) in [5, 5.41) is 2.91. The molecule has 1 amide bonds. The molecule has 2 N–H and O–H groups in total. The summed E-state index contributed by atoms with van der Waals surface area (Å²) in [7, 11) is -2.02. The van der Waals surface area contributed by atoms with Crippen LogP contribution in [0.3, 0.4) is 0 Å². The van der Waals surface area contributed by atoms with E-state index in [1.54, 1.807) is 30.3 Å². The Hall–Kier alpha value is -2.25. The van der Waals surface area contributed by atoms with E-state index in [9.17, 15) is 17.6 Å². The van der Waals surface area contributed by atoms with Crippen LogP contribution < -0.4 is 10.0 Å². The Morgan fingerprint density at radius 3 is 2.27 bits per heavy atom. The lowest BCUT2D eigenvalue weighted by atomic mass is 9.95. The first-order valence-corrected chi connectivity index (χ1v) is 10.0. The first kappa shape index (κ1) is 18.5. The highest BCUT2D eigenvalue weighted by Crippen LogP contribution is 2.48. The second-order valence-corrected chi connectivity index (χ2v) is 8.43. The molecule has 7 heteroatoms. The molecule has 0 saturated heterocycles. The van der Waals surface area contributed by atoms with Crippen LogP contribution in [0.25, 0.3) is 0 Å². The highest BCUT2D eigenvalue weighted by atomic mass is 32.2. The Labute approximate surface area is 152 Å². The molecule has 1 fully saturated rings. The maximum Gasteiger partial charge on any atom is 0.230 e. The number of carbonyl (C=O) groups excluding carboxylic acids is 1. The van der Waals surface area contributed by atoms with Crippen LogP contribution in [0.4, 0.5) is 4.39 Å². The van der Waals surface area contributed by atoms with Gasteiger partial charge in [-0.3, -0.25) is 4.79 Å². The normalized spacial score (nSPS) is 15.5. The van der Waals surface area contributed by atoms with Gasteiger partial charge in [0.15, 0.2) is 0 Å². The lowest BCUT2D eigenvalue weighted by molar-refractivity contribution is -0.123. The summed E-state index contributed by atoms with van der Waals surface area (Å²) in [6.07, 6.45) is 1.44. The van der Waals surface area contributed by atoms with Crippen molar-refractivity contribution >= 4 is 15.9 Å². The van der Waals surface area contributed by atoms with Crippen molar-refractivity contribution in [2.24, 2.45) is 0 Å². The third kappa shape index (κ3) is 3.94. The fourth-order valence-corrected chi connectivity index (χ4v) is 3.87. The van der Waals surface area contributed by atoms with Gasteiger partial charge in [-0.25, -0.2) is 17.5 Å². The van der Waals surface area contributed by atoms with E-state index in [2.05, 4.69) is 10.0 Å². The number of benzene rings is 2. The molecule has 5 nitrogen and oxygen atoms in total. The van der Waals surface area contributed by atoms with Crippen molar-refractivity contribution in [2.45, 2.75) is 30.6 Å². The van der Waals surface area contributed by atoms with E-state index >= 15 is 0 Å². The Bertz CT molecular complexity index is 907. The molecule has 0 unspecified atom stereocenters. The number of rotatable bonds is 7. The largest absolute Gasteiger partial charge is 0.351 e. The zero-order valence-corrected chi connectivity index (χ0v) is 15.3. The second kappa shape index (κ2) is 7.17. The van der Waals surface area contributed by atoms with Gasteiger partial charge in [0.05, 0.1) is 11.2 Å². The van der Waals surface area contributed by atoms with Gasteiger partial charge in [-0.15, -0.1) is 0 Å². The first-order valence-electron chi connectivity index (χ1n) is 8.39. The van der Waals surface area contributed by atoms with E-state index in [0.29, 0.717) is 5.56 Å². The minimum Gasteiger partial charge on any atom is -0.351 e. The molecular formula is C19H21FN2O3S. The predicted molar refractivity (Wildman–Crippen MR) is 97.3 cm³/mol. The molecule has 3 rings (SSSR count). The number of hydrogen-bond donors (Lipinski definition) is 2. The van der Waals surface area contributed by atoms with Crippen molar-refractivity contribution in [3.8, 4) is 0 Å². The maximum atomic E-state index is 13.1. The minimum atomic E-state index is -3.39. The topological polar surface area (TPSA) is 75.3 Å². The molecule has 0 bridgehead atoms. The zero-order chi connectivity index (χ0) is 18.8. The number of nitrogens with one attached hydrogen (secondary N) is 2. The van der Waals surface area contributed by atoms with Crippen molar-refractivity contribution in [2.75, 3.05) is 7.05 Å². The molecule has 0 radical (unpaired) electrons. The van der Waals surface area contributed by atoms with Crippen molar-refractivity contribution < 1.29 is 17.6 Å². The molecule has 0 aromatic heterocycles. The lowest BCUT2D eigenvalue weighted by Gasteiger charge is -2.17. The third-order valence-corrected chi connectivity index (χ3v) is 6.11. The fraction of sp³-hybridized carbons (Fsp3) is 0.316. The van der Waals surface area contributed by atoms with Gasteiger partial charge >= 0.3 is 0 Å². The molecule has 1 aliphatic rings. The number of amides is 1. The highest BCUT2D eigenvalue weighted by molar-refractivity contribution is 7.88. The fourth-order valence-electron chi connectivity index (χ4n) is 3.03. The molecular weight excluding hydrogens is 355 g/mol. The molecule has 1 saturated carbocycles. The maximum absolute atomic E-state index is 13.1. The predicted octanol–water partition coefficient (Wildman–Crippen LogP) is 2.22. The average Bonchev–Trinajstić information content (AvgIpc) is 3.43. The number of halogens is 1. The first-order chi connectivity index (χ1) is 12.4. The van der Waals surface area contributed by atoms with Gasteiger partial charge in [0.1, 0.15) is 5.82 Å². The van der Waals surface area contributed by atoms with Gasteiger partial charge in [0, 0.05) is 6.54 Å². The third-order valence-electron chi connectivity index (χ3n) is 4.80. The van der Waals surface area contributed by atoms with E-state index < -0.39 is 15.4 Å². The summed E-state index contributed by atoms with van der Waals surface area (Å²) in [4.78, 5) is 12.7. The Balaban J connectivity index is 1.72. The SMILES string of the molecule is CNS(=O)(=O)Cc1ccccc1CNC(=O)C1(c2ccc(F)cc2)CC1. The highest BCUT2D eigenvalue weighted by Gasteiger charge is 2.51. The van der Waals surface area contributed by atoms with Gasteiger partial charge in [0.2, 0.25) is 15.9 Å². The smallest absolute Gasteiger partial charge is 0.230 e. The summed E-state index contributed by atoms with van der Waals surface area (Å²) >= 11 is 0. The molecule has 2 aromatic carbocycles. The van der Waals surface area contributed by atoms with E-state index in [-0.39, 0.29) is 24.0 Å². The zero-order valence-electron chi connectivity index (χ0n) is 14.5. The molecule has 0 aliphatic heterocycles. The Morgan fingerprint density at radius 1 is 1.08 bits per heavy atom. The van der Waals surface area contributed by atoms with Gasteiger partial charge in [-0.1, -0.05) is 36.4 Å². The van der Waals surface area contributed by atoms with Crippen LogP contribution in [0.15, 0.2) is 48.5 Å². The van der Waals surface area contributed by atoms with Gasteiger partial charge in [0.25, 0.3) is 0 Å². The van der Waals surface area contributed by atoms with Crippen molar-refractivity contribution in [1.82, 2.24) is 10.0 Å². The van der Waals surface area contributed by atoms with E-state index in [1.165, 1.54) is 19.2 Å².